The highest BCUT2D eigenvalue weighted by molar-refractivity contribution is 6.09. The number of aromatic nitrogens is 1. The Bertz CT molecular complexity index is 814. The van der Waals surface area contributed by atoms with E-state index in [4.69, 9.17) is 0 Å². The SMILES string of the molecule is C/C=C/CCNC(=O)c1cc2c(ccc3ccccc32)[nH]1. The molecule has 0 fully saturated rings. The molecule has 3 rings (SSSR count). The van der Waals surface area contributed by atoms with Crippen LogP contribution in [0.2, 0.25) is 0 Å². The predicted octanol–water partition coefficient (Wildman–Crippen LogP) is 4.02. The Morgan fingerprint density at radius 2 is 2.05 bits per heavy atom. The second-order valence-electron chi connectivity index (χ2n) is 5.04. The number of benzene rings is 2. The molecule has 0 bridgehead atoms. The number of carbonyl (C=O) groups excluding carboxylic acids is 1. The van der Waals surface area contributed by atoms with Gasteiger partial charge in [0.05, 0.1) is 0 Å². The highest BCUT2D eigenvalue weighted by Gasteiger charge is 2.10. The van der Waals surface area contributed by atoms with Crippen LogP contribution in [0.4, 0.5) is 0 Å². The standard InChI is InChI=1S/C18H18N2O/c1-2-3-6-11-19-18(21)17-12-15-14-8-5-4-7-13(14)9-10-16(15)20-17/h2-5,7-10,12,20H,6,11H2,1H3,(H,19,21)/b3-2+. The first kappa shape index (κ1) is 13.4. The van der Waals surface area contributed by atoms with E-state index < -0.39 is 0 Å². The number of rotatable bonds is 4. The summed E-state index contributed by atoms with van der Waals surface area (Å²) in [5.41, 5.74) is 1.61. The third-order valence-corrected chi connectivity index (χ3v) is 3.61. The van der Waals surface area contributed by atoms with Gasteiger partial charge in [-0.05, 0) is 36.2 Å². The molecule has 21 heavy (non-hydrogen) atoms. The van der Waals surface area contributed by atoms with Crippen LogP contribution >= 0.6 is 0 Å². The minimum atomic E-state index is -0.0558. The van der Waals surface area contributed by atoms with Crippen molar-refractivity contribution in [3.8, 4) is 0 Å². The molecule has 0 radical (unpaired) electrons. The van der Waals surface area contributed by atoms with Crippen LogP contribution in [0.15, 0.2) is 54.6 Å². The molecule has 3 aromatic rings. The Morgan fingerprint density at radius 3 is 2.90 bits per heavy atom. The van der Waals surface area contributed by atoms with Crippen LogP contribution in [0.1, 0.15) is 23.8 Å². The second-order valence-corrected chi connectivity index (χ2v) is 5.04. The summed E-state index contributed by atoms with van der Waals surface area (Å²) in [6, 6.07) is 14.2. The summed E-state index contributed by atoms with van der Waals surface area (Å²) in [7, 11) is 0. The zero-order valence-corrected chi connectivity index (χ0v) is 12.0. The highest BCUT2D eigenvalue weighted by Crippen LogP contribution is 2.25. The van der Waals surface area contributed by atoms with E-state index in [0.717, 1.165) is 17.3 Å². The summed E-state index contributed by atoms with van der Waals surface area (Å²) in [5, 5.41) is 6.36. The Labute approximate surface area is 123 Å². The fourth-order valence-corrected chi connectivity index (χ4v) is 2.54. The number of aromatic amines is 1. The largest absolute Gasteiger partial charge is 0.351 e. The first-order chi connectivity index (χ1) is 10.3. The monoisotopic (exact) mass is 278 g/mol. The van der Waals surface area contributed by atoms with E-state index in [1.165, 1.54) is 10.8 Å². The van der Waals surface area contributed by atoms with Crippen LogP contribution in [0.5, 0.6) is 0 Å². The van der Waals surface area contributed by atoms with Gasteiger partial charge in [0.25, 0.3) is 5.91 Å². The van der Waals surface area contributed by atoms with Crippen molar-refractivity contribution in [1.82, 2.24) is 10.3 Å². The van der Waals surface area contributed by atoms with Crippen molar-refractivity contribution in [1.29, 1.82) is 0 Å². The highest BCUT2D eigenvalue weighted by atomic mass is 16.1. The van der Waals surface area contributed by atoms with E-state index in [-0.39, 0.29) is 5.91 Å². The molecular formula is C18H18N2O. The van der Waals surface area contributed by atoms with Gasteiger partial charge in [-0.1, -0.05) is 42.5 Å². The molecule has 3 heteroatoms. The first-order valence-electron chi connectivity index (χ1n) is 7.19. The number of carbonyl (C=O) groups is 1. The predicted molar refractivity (Wildman–Crippen MR) is 87.6 cm³/mol. The van der Waals surface area contributed by atoms with Crippen LogP contribution in [-0.4, -0.2) is 17.4 Å². The molecule has 0 aliphatic carbocycles. The van der Waals surface area contributed by atoms with Gasteiger partial charge in [0.1, 0.15) is 5.69 Å². The van der Waals surface area contributed by atoms with Crippen LogP contribution in [0.3, 0.4) is 0 Å². The Kier molecular flexibility index (Phi) is 3.73. The molecular weight excluding hydrogens is 260 g/mol. The summed E-state index contributed by atoms with van der Waals surface area (Å²) in [5.74, 6) is -0.0558. The first-order valence-corrected chi connectivity index (χ1v) is 7.19. The summed E-state index contributed by atoms with van der Waals surface area (Å²) in [6.07, 6.45) is 4.88. The number of fused-ring (bicyclic) bond motifs is 3. The summed E-state index contributed by atoms with van der Waals surface area (Å²) < 4.78 is 0. The quantitative estimate of drug-likeness (QED) is 0.549. The molecule has 0 aliphatic rings. The third-order valence-electron chi connectivity index (χ3n) is 3.61. The van der Waals surface area contributed by atoms with Crippen molar-refractivity contribution in [3.63, 3.8) is 0 Å². The normalized spacial score (nSPS) is 11.5. The van der Waals surface area contributed by atoms with Gasteiger partial charge < -0.3 is 10.3 Å². The number of H-pyrrole nitrogens is 1. The average molecular weight is 278 g/mol. The Morgan fingerprint density at radius 1 is 1.19 bits per heavy atom. The Hall–Kier alpha value is -2.55. The fraction of sp³-hybridized carbons (Fsp3) is 0.167. The second kappa shape index (κ2) is 5.83. The number of nitrogens with one attached hydrogen (secondary N) is 2. The maximum Gasteiger partial charge on any atom is 0.267 e. The van der Waals surface area contributed by atoms with Crippen LogP contribution in [0, 0.1) is 0 Å². The summed E-state index contributed by atoms with van der Waals surface area (Å²) in [4.78, 5) is 15.3. The third kappa shape index (κ3) is 2.68. The van der Waals surface area contributed by atoms with Gasteiger partial charge in [-0.2, -0.15) is 0 Å². The van der Waals surface area contributed by atoms with Gasteiger partial charge in [0, 0.05) is 17.4 Å². The fourth-order valence-electron chi connectivity index (χ4n) is 2.54. The molecule has 2 N–H and O–H groups in total. The van der Waals surface area contributed by atoms with Gasteiger partial charge >= 0.3 is 0 Å². The van der Waals surface area contributed by atoms with Gasteiger partial charge in [-0.3, -0.25) is 4.79 Å². The smallest absolute Gasteiger partial charge is 0.267 e. The summed E-state index contributed by atoms with van der Waals surface area (Å²) in [6.45, 7) is 2.63. The van der Waals surface area contributed by atoms with Gasteiger partial charge in [0.2, 0.25) is 0 Å². The van der Waals surface area contributed by atoms with Crippen molar-refractivity contribution < 1.29 is 4.79 Å². The molecule has 1 heterocycles. The number of allylic oxidation sites excluding steroid dienone is 1. The molecule has 0 atom stereocenters. The molecule has 0 saturated heterocycles. The van der Waals surface area contributed by atoms with Crippen LogP contribution in [0.25, 0.3) is 21.7 Å². The maximum absolute atomic E-state index is 12.1. The van der Waals surface area contributed by atoms with Crippen molar-refractivity contribution in [2.45, 2.75) is 13.3 Å². The number of hydrogen-bond donors (Lipinski definition) is 2. The lowest BCUT2D eigenvalue weighted by molar-refractivity contribution is 0.0950. The molecule has 106 valence electrons. The van der Waals surface area contributed by atoms with Crippen LogP contribution < -0.4 is 5.32 Å². The number of amides is 1. The molecule has 0 spiro atoms. The van der Waals surface area contributed by atoms with E-state index in [2.05, 4.69) is 28.5 Å². The zero-order chi connectivity index (χ0) is 14.7. The molecule has 0 unspecified atom stereocenters. The topological polar surface area (TPSA) is 44.9 Å². The van der Waals surface area contributed by atoms with E-state index in [1.807, 2.05) is 43.3 Å². The van der Waals surface area contributed by atoms with E-state index >= 15 is 0 Å². The van der Waals surface area contributed by atoms with Crippen molar-refractivity contribution in [3.05, 3.63) is 60.3 Å². The minimum absolute atomic E-state index is 0.0558. The van der Waals surface area contributed by atoms with Gasteiger partial charge in [-0.25, -0.2) is 0 Å². The van der Waals surface area contributed by atoms with E-state index in [0.29, 0.717) is 12.2 Å². The zero-order valence-electron chi connectivity index (χ0n) is 12.0. The van der Waals surface area contributed by atoms with Gasteiger partial charge in [-0.15, -0.1) is 0 Å². The minimum Gasteiger partial charge on any atom is -0.351 e. The van der Waals surface area contributed by atoms with Gasteiger partial charge in [0.15, 0.2) is 0 Å². The lowest BCUT2D eigenvalue weighted by Crippen LogP contribution is -2.24. The average Bonchev–Trinajstić information content (AvgIpc) is 2.96. The van der Waals surface area contributed by atoms with Crippen molar-refractivity contribution in [2.75, 3.05) is 6.54 Å². The van der Waals surface area contributed by atoms with Crippen molar-refractivity contribution in [2.24, 2.45) is 0 Å². The van der Waals surface area contributed by atoms with Crippen LogP contribution in [-0.2, 0) is 0 Å². The van der Waals surface area contributed by atoms with E-state index in [1.54, 1.807) is 0 Å². The summed E-state index contributed by atoms with van der Waals surface area (Å²) >= 11 is 0. The molecule has 0 aliphatic heterocycles. The number of hydrogen-bond acceptors (Lipinski definition) is 1. The van der Waals surface area contributed by atoms with Crippen molar-refractivity contribution >= 4 is 27.6 Å². The molecule has 1 amide bonds. The molecule has 3 nitrogen and oxygen atoms in total. The molecule has 1 aromatic heterocycles. The molecule has 0 saturated carbocycles. The lowest BCUT2D eigenvalue weighted by atomic mass is 10.1. The maximum atomic E-state index is 12.1. The Balaban J connectivity index is 1.90. The van der Waals surface area contributed by atoms with E-state index in [9.17, 15) is 4.79 Å². The lowest BCUT2D eigenvalue weighted by Gasteiger charge is -2.00. The molecule has 2 aromatic carbocycles.